The van der Waals surface area contributed by atoms with Crippen molar-refractivity contribution < 1.29 is 9.13 Å². The predicted molar refractivity (Wildman–Crippen MR) is 65.5 cm³/mol. The monoisotopic (exact) mass is 242 g/mol. The highest BCUT2D eigenvalue weighted by Gasteiger charge is 2.06. The fourth-order valence-electron chi connectivity index (χ4n) is 1.50. The topological polar surface area (TPSA) is 59.0 Å². The van der Waals surface area contributed by atoms with Crippen LogP contribution in [0.2, 0.25) is 0 Å². The van der Waals surface area contributed by atoms with E-state index in [2.05, 4.69) is 0 Å². The summed E-state index contributed by atoms with van der Waals surface area (Å²) in [6.07, 6.45) is 0. The minimum absolute atomic E-state index is 0.165. The van der Waals surface area contributed by atoms with Crippen LogP contribution >= 0.6 is 0 Å². The van der Waals surface area contributed by atoms with Crippen molar-refractivity contribution in [2.45, 2.75) is 6.54 Å². The Morgan fingerprint density at radius 1 is 1.17 bits per heavy atom. The molecule has 18 heavy (non-hydrogen) atoms. The number of nitriles is 1. The molecule has 0 fully saturated rings. The summed E-state index contributed by atoms with van der Waals surface area (Å²) in [6.45, 7) is 0.459. The van der Waals surface area contributed by atoms with Crippen molar-refractivity contribution in [3.05, 3.63) is 59.4 Å². The lowest BCUT2D eigenvalue weighted by Gasteiger charge is -2.07. The van der Waals surface area contributed by atoms with E-state index in [0.717, 1.165) is 11.6 Å². The minimum Gasteiger partial charge on any atom is -0.456 e. The van der Waals surface area contributed by atoms with E-state index in [0.29, 0.717) is 18.0 Å². The van der Waals surface area contributed by atoms with Gasteiger partial charge in [-0.15, -0.1) is 0 Å². The molecule has 0 aliphatic heterocycles. The molecule has 2 rings (SSSR count). The number of nitrogens with two attached hydrogens (primary N) is 1. The van der Waals surface area contributed by atoms with Crippen LogP contribution in [0.25, 0.3) is 0 Å². The van der Waals surface area contributed by atoms with Gasteiger partial charge in [0.1, 0.15) is 23.4 Å². The Hall–Kier alpha value is -2.38. The predicted octanol–water partition coefficient (Wildman–Crippen LogP) is 2.95. The number of benzene rings is 2. The molecule has 0 aliphatic rings. The quantitative estimate of drug-likeness (QED) is 0.900. The maximum absolute atomic E-state index is 13.0. The molecule has 0 spiro atoms. The molecule has 2 aromatic rings. The summed E-state index contributed by atoms with van der Waals surface area (Å²) in [6, 6.07) is 12.9. The van der Waals surface area contributed by atoms with Gasteiger partial charge in [-0.1, -0.05) is 12.1 Å². The van der Waals surface area contributed by atoms with Crippen LogP contribution in [0, 0.1) is 17.1 Å². The van der Waals surface area contributed by atoms with Crippen molar-refractivity contribution in [1.29, 1.82) is 5.26 Å². The van der Waals surface area contributed by atoms with Crippen molar-refractivity contribution in [3.8, 4) is 17.6 Å². The van der Waals surface area contributed by atoms with E-state index >= 15 is 0 Å². The zero-order chi connectivity index (χ0) is 13.0. The van der Waals surface area contributed by atoms with E-state index in [1.165, 1.54) is 12.1 Å². The highest BCUT2D eigenvalue weighted by Crippen LogP contribution is 2.25. The van der Waals surface area contributed by atoms with Crippen LogP contribution in [-0.2, 0) is 6.54 Å². The lowest BCUT2D eigenvalue weighted by Crippen LogP contribution is -1.95. The molecule has 4 heteroatoms. The SMILES string of the molecule is N#Cc1cc(F)ccc1Oc1ccc(CN)cc1. The van der Waals surface area contributed by atoms with Gasteiger partial charge in [-0.25, -0.2) is 4.39 Å². The van der Waals surface area contributed by atoms with Gasteiger partial charge in [0.2, 0.25) is 0 Å². The summed E-state index contributed by atoms with van der Waals surface area (Å²) in [5, 5.41) is 8.89. The molecular weight excluding hydrogens is 231 g/mol. The maximum Gasteiger partial charge on any atom is 0.145 e. The van der Waals surface area contributed by atoms with Crippen molar-refractivity contribution in [3.63, 3.8) is 0 Å². The fourth-order valence-corrected chi connectivity index (χ4v) is 1.50. The molecule has 0 bridgehead atoms. The first-order valence-electron chi connectivity index (χ1n) is 5.39. The molecule has 0 heterocycles. The van der Waals surface area contributed by atoms with Crippen molar-refractivity contribution in [1.82, 2.24) is 0 Å². The first kappa shape index (κ1) is 12.1. The second kappa shape index (κ2) is 5.30. The minimum atomic E-state index is -0.461. The number of halogens is 1. The molecule has 0 aromatic heterocycles. The Bertz CT molecular complexity index is 588. The summed E-state index contributed by atoms with van der Waals surface area (Å²) in [4.78, 5) is 0. The molecule has 3 nitrogen and oxygen atoms in total. The van der Waals surface area contributed by atoms with Gasteiger partial charge >= 0.3 is 0 Å². The van der Waals surface area contributed by atoms with Gasteiger partial charge in [-0.05, 0) is 35.9 Å². The lowest BCUT2D eigenvalue weighted by molar-refractivity contribution is 0.478. The fraction of sp³-hybridized carbons (Fsp3) is 0.0714. The molecule has 0 saturated carbocycles. The van der Waals surface area contributed by atoms with Gasteiger partial charge < -0.3 is 10.5 Å². The van der Waals surface area contributed by atoms with Crippen molar-refractivity contribution in [2.75, 3.05) is 0 Å². The van der Waals surface area contributed by atoms with Gasteiger partial charge in [0.15, 0.2) is 0 Å². The number of hydrogen-bond donors (Lipinski definition) is 1. The first-order valence-corrected chi connectivity index (χ1v) is 5.39. The zero-order valence-electron chi connectivity index (χ0n) is 9.56. The number of rotatable bonds is 3. The second-order valence-corrected chi connectivity index (χ2v) is 3.70. The molecule has 0 saturated heterocycles. The summed E-state index contributed by atoms with van der Waals surface area (Å²) in [5.41, 5.74) is 6.64. The van der Waals surface area contributed by atoms with Gasteiger partial charge in [0.25, 0.3) is 0 Å². The van der Waals surface area contributed by atoms with E-state index in [1.807, 2.05) is 18.2 Å². The lowest BCUT2D eigenvalue weighted by atomic mass is 10.2. The third-order valence-corrected chi connectivity index (χ3v) is 2.45. The zero-order valence-corrected chi connectivity index (χ0v) is 9.56. The Morgan fingerprint density at radius 3 is 2.50 bits per heavy atom. The molecule has 0 amide bonds. The van der Waals surface area contributed by atoms with E-state index in [4.69, 9.17) is 15.7 Å². The molecule has 2 aromatic carbocycles. The first-order chi connectivity index (χ1) is 8.72. The molecular formula is C14H11FN2O. The van der Waals surface area contributed by atoms with Gasteiger partial charge in [-0.2, -0.15) is 5.26 Å². The van der Waals surface area contributed by atoms with Crippen LogP contribution in [0.3, 0.4) is 0 Å². The standard InChI is InChI=1S/C14H11FN2O/c15-12-3-6-14(11(7-12)9-17)18-13-4-1-10(8-16)2-5-13/h1-7H,8,16H2. The molecule has 0 atom stereocenters. The molecule has 0 radical (unpaired) electrons. The highest BCUT2D eigenvalue weighted by molar-refractivity contribution is 5.45. The van der Waals surface area contributed by atoms with E-state index in [-0.39, 0.29) is 5.56 Å². The smallest absolute Gasteiger partial charge is 0.145 e. The van der Waals surface area contributed by atoms with Crippen molar-refractivity contribution >= 4 is 0 Å². The van der Waals surface area contributed by atoms with Crippen LogP contribution in [0.5, 0.6) is 11.5 Å². The number of nitrogens with zero attached hydrogens (tertiary/aromatic N) is 1. The molecule has 0 unspecified atom stereocenters. The summed E-state index contributed by atoms with van der Waals surface area (Å²) in [5.74, 6) is 0.451. The third kappa shape index (κ3) is 2.65. The van der Waals surface area contributed by atoms with Crippen LogP contribution in [0.1, 0.15) is 11.1 Å². The third-order valence-electron chi connectivity index (χ3n) is 2.45. The largest absolute Gasteiger partial charge is 0.456 e. The second-order valence-electron chi connectivity index (χ2n) is 3.70. The summed E-state index contributed by atoms with van der Waals surface area (Å²) in [7, 11) is 0. The summed E-state index contributed by atoms with van der Waals surface area (Å²) >= 11 is 0. The van der Waals surface area contributed by atoms with Crippen LogP contribution < -0.4 is 10.5 Å². The molecule has 90 valence electrons. The van der Waals surface area contributed by atoms with Gasteiger partial charge in [-0.3, -0.25) is 0 Å². The van der Waals surface area contributed by atoms with Crippen LogP contribution in [-0.4, -0.2) is 0 Å². The Balaban J connectivity index is 2.25. The van der Waals surface area contributed by atoms with E-state index in [9.17, 15) is 4.39 Å². The van der Waals surface area contributed by atoms with E-state index < -0.39 is 5.82 Å². The Kier molecular flexibility index (Phi) is 3.56. The van der Waals surface area contributed by atoms with Crippen LogP contribution in [0.15, 0.2) is 42.5 Å². The average molecular weight is 242 g/mol. The van der Waals surface area contributed by atoms with Crippen molar-refractivity contribution in [2.24, 2.45) is 5.73 Å². The summed E-state index contributed by atoms with van der Waals surface area (Å²) < 4.78 is 18.5. The number of ether oxygens (including phenoxy) is 1. The van der Waals surface area contributed by atoms with Gasteiger partial charge in [0.05, 0.1) is 5.56 Å². The Labute approximate surface area is 104 Å². The average Bonchev–Trinajstić information content (AvgIpc) is 2.41. The Morgan fingerprint density at radius 2 is 1.89 bits per heavy atom. The van der Waals surface area contributed by atoms with Crippen LogP contribution in [0.4, 0.5) is 4.39 Å². The van der Waals surface area contributed by atoms with E-state index in [1.54, 1.807) is 12.1 Å². The normalized spacial score (nSPS) is 9.83. The highest BCUT2D eigenvalue weighted by atomic mass is 19.1. The number of hydrogen-bond acceptors (Lipinski definition) is 3. The molecule has 0 aliphatic carbocycles. The molecule has 2 N–H and O–H groups in total. The van der Waals surface area contributed by atoms with Gasteiger partial charge in [0, 0.05) is 6.54 Å². The maximum atomic E-state index is 13.0.